The second kappa shape index (κ2) is 6.93. The van der Waals surface area contributed by atoms with Crippen molar-refractivity contribution in [1.82, 2.24) is 35.6 Å². The van der Waals surface area contributed by atoms with E-state index in [1.54, 1.807) is 12.3 Å². The molecule has 10 heteroatoms. The number of amides is 2. The molecule has 10 nitrogen and oxygen atoms in total. The molecule has 0 aromatic carbocycles. The molecule has 110 valence electrons. The van der Waals surface area contributed by atoms with Gasteiger partial charge in [-0.25, -0.2) is 24.2 Å². The van der Waals surface area contributed by atoms with E-state index in [0.717, 1.165) is 0 Å². The average molecular weight is 291 g/mol. The molecule has 0 fully saturated rings. The summed E-state index contributed by atoms with van der Waals surface area (Å²) in [6.07, 6.45) is 4.29. The molecule has 0 spiro atoms. The van der Waals surface area contributed by atoms with Crippen LogP contribution in [-0.2, 0) is 13.1 Å². The van der Waals surface area contributed by atoms with E-state index in [4.69, 9.17) is 5.11 Å². The van der Waals surface area contributed by atoms with E-state index in [-0.39, 0.29) is 18.3 Å². The summed E-state index contributed by atoms with van der Waals surface area (Å²) in [6, 6.07) is 1.34. The van der Waals surface area contributed by atoms with Crippen molar-refractivity contribution in [3.63, 3.8) is 0 Å². The highest BCUT2D eigenvalue weighted by molar-refractivity contribution is 5.84. The standard InChI is InChI=1S/C11H13N7O3/c19-10(20)9-6-18(17-16-9)4-3-13-11(21)14-5-8-1-2-12-7-15-8/h1-2,6-7H,3-5H2,(H,19,20)(H2,13,14,21). The molecular formula is C11H13N7O3. The Morgan fingerprint density at radius 2 is 2.19 bits per heavy atom. The summed E-state index contributed by atoms with van der Waals surface area (Å²) in [7, 11) is 0. The van der Waals surface area contributed by atoms with Crippen LogP contribution in [0.2, 0.25) is 0 Å². The molecule has 3 N–H and O–H groups in total. The zero-order valence-corrected chi connectivity index (χ0v) is 10.9. The van der Waals surface area contributed by atoms with Crippen LogP contribution in [0.4, 0.5) is 4.79 Å². The number of nitrogens with one attached hydrogen (secondary N) is 2. The van der Waals surface area contributed by atoms with Crippen LogP contribution in [0, 0.1) is 0 Å². The quantitative estimate of drug-likeness (QED) is 0.638. The Labute approximate surface area is 119 Å². The minimum atomic E-state index is -1.14. The fourth-order valence-corrected chi connectivity index (χ4v) is 1.45. The summed E-state index contributed by atoms with van der Waals surface area (Å²) in [5.41, 5.74) is 0.561. The first-order valence-corrected chi connectivity index (χ1v) is 6.05. The molecule has 0 aliphatic carbocycles. The normalized spacial score (nSPS) is 10.1. The second-order valence-electron chi connectivity index (χ2n) is 3.98. The van der Waals surface area contributed by atoms with Crippen LogP contribution in [0.3, 0.4) is 0 Å². The molecule has 0 unspecified atom stereocenters. The number of rotatable bonds is 6. The van der Waals surface area contributed by atoms with Crippen molar-refractivity contribution in [3.8, 4) is 0 Å². The lowest BCUT2D eigenvalue weighted by Gasteiger charge is -2.06. The average Bonchev–Trinajstić information content (AvgIpc) is 2.95. The van der Waals surface area contributed by atoms with Gasteiger partial charge in [0, 0.05) is 12.7 Å². The van der Waals surface area contributed by atoms with Crippen LogP contribution >= 0.6 is 0 Å². The lowest BCUT2D eigenvalue weighted by Crippen LogP contribution is -2.37. The van der Waals surface area contributed by atoms with Crippen molar-refractivity contribution < 1.29 is 14.7 Å². The molecule has 0 radical (unpaired) electrons. The first-order chi connectivity index (χ1) is 10.1. The second-order valence-corrected chi connectivity index (χ2v) is 3.98. The Balaban J connectivity index is 1.68. The maximum absolute atomic E-state index is 11.5. The number of nitrogens with zero attached hydrogens (tertiary/aromatic N) is 5. The van der Waals surface area contributed by atoms with Gasteiger partial charge in [-0.1, -0.05) is 5.21 Å². The molecule has 2 rings (SSSR count). The van der Waals surface area contributed by atoms with Gasteiger partial charge in [-0.15, -0.1) is 5.10 Å². The predicted octanol–water partition coefficient (Wildman–Crippen LogP) is -0.734. The molecule has 0 atom stereocenters. The van der Waals surface area contributed by atoms with Gasteiger partial charge < -0.3 is 15.7 Å². The van der Waals surface area contributed by atoms with Crippen molar-refractivity contribution in [3.05, 3.63) is 36.2 Å². The summed E-state index contributed by atoms with van der Waals surface area (Å²) in [6.45, 7) is 0.903. The van der Waals surface area contributed by atoms with Crippen LogP contribution in [0.25, 0.3) is 0 Å². The molecule has 0 bridgehead atoms. The Hall–Kier alpha value is -3.04. The van der Waals surface area contributed by atoms with Crippen LogP contribution in [0.1, 0.15) is 16.2 Å². The molecule has 2 aromatic heterocycles. The third-order valence-electron chi connectivity index (χ3n) is 2.46. The van der Waals surface area contributed by atoms with E-state index < -0.39 is 5.97 Å². The zero-order chi connectivity index (χ0) is 15.1. The highest BCUT2D eigenvalue weighted by Crippen LogP contribution is 1.92. The Kier molecular flexibility index (Phi) is 4.75. The molecule has 21 heavy (non-hydrogen) atoms. The lowest BCUT2D eigenvalue weighted by molar-refractivity contribution is 0.0690. The van der Waals surface area contributed by atoms with Gasteiger partial charge in [0.05, 0.1) is 25.0 Å². The monoisotopic (exact) mass is 291 g/mol. The minimum absolute atomic E-state index is 0.136. The van der Waals surface area contributed by atoms with Crippen molar-refractivity contribution in [1.29, 1.82) is 0 Å². The molecule has 0 aliphatic heterocycles. The molecule has 2 amide bonds. The minimum Gasteiger partial charge on any atom is -0.476 e. The number of hydrogen-bond acceptors (Lipinski definition) is 6. The first-order valence-electron chi connectivity index (χ1n) is 6.05. The summed E-state index contributed by atoms with van der Waals surface area (Å²) in [4.78, 5) is 29.9. The Morgan fingerprint density at radius 3 is 2.86 bits per heavy atom. The maximum atomic E-state index is 11.5. The Bertz CT molecular complexity index is 613. The highest BCUT2D eigenvalue weighted by Gasteiger charge is 2.08. The van der Waals surface area contributed by atoms with Crippen molar-refractivity contribution in [2.24, 2.45) is 0 Å². The number of carbonyl (C=O) groups is 2. The van der Waals surface area contributed by atoms with E-state index in [9.17, 15) is 9.59 Å². The molecule has 2 aromatic rings. The van der Waals surface area contributed by atoms with E-state index in [1.807, 2.05) is 0 Å². The number of urea groups is 1. The number of carboxylic acid groups (broad SMARTS) is 1. The van der Waals surface area contributed by atoms with Gasteiger partial charge in [-0.05, 0) is 6.07 Å². The zero-order valence-electron chi connectivity index (χ0n) is 10.9. The van der Waals surface area contributed by atoms with Crippen LogP contribution in [-0.4, -0.2) is 48.6 Å². The first kappa shape index (κ1) is 14.4. The maximum Gasteiger partial charge on any atom is 0.358 e. The Morgan fingerprint density at radius 1 is 1.33 bits per heavy atom. The van der Waals surface area contributed by atoms with Gasteiger partial charge in [0.25, 0.3) is 0 Å². The van der Waals surface area contributed by atoms with Gasteiger partial charge in [-0.3, -0.25) is 0 Å². The smallest absolute Gasteiger partial charge is 0.358 e. The fraction of sp³-hybridized carbons (Fsp3) is 0.273. The molecule has 2 heterocycles. The fourth-order valence-electron chi connectivity index (χ4n) is 1.45. The van der Waals surface area contributed by atoms with Crippen molar-refractivity contribution >= 4 is 12.0 Å². The van der Waals surface area contributed by atoms with Gasteiger partial charge in [0.1, 0.15) is 6.33 Å². The number of carbonyl (C=O) groups excluding carboxylic acids is 1. The van der Waals surface area contributed by atoms with Gasteiger partial charge in [-0.2, -0.15) is 0 Å². The topological polar surface area (TPSA) is 135 Å². The SMILES string of the molecule is O=C(NCCn1cc(C(=O)O)nn1)NCc1ccncn1. The van der Waals surface area contributed by atoms with Crippen molar-refractivity contribution in [2.75, 3.05) is 6.54 Å². The lowest BCUT2D eigenvalue weighted by atomic mass is 10.4. The number of aromatic nitrogens is 5. The van der Waals surface area contributed by atoms with Gasteiger partial charge in [0.15, 0.2) is 5.69 Å². The van der Waals surface area contributed by atoms with E-state index >= 15 is 0 Å². The van der Waals surface area contributed by atoms with Crippen LogP contribution < -0.4 is 10.6 Å². The van der Waals surface area contributed by atoms with E-state index in [1.165, 1.54) is 17.2 Å². The van der Waals surface area contributed by atoms with E-state index in [0.29, 0.717) is 18.8 Å². The van der Waals surface area contributed by atoms with E-state index in [2.05, 4.69) is 30.9 Å². The number of carboxylic acids is 1. The highest BCUT2D eigenvalue weighted by atomic mass is 16.4. The van der Waals surface area contributed by atoms with Crippen molar-refractivity contribution in [2.45, 2.75) is 13.1 Å². The van der Waals surface area contributed by atoms with Gasteiger partial charge >= 0.3 is 12.0 Å². The number of aromatic carboxylic acids is 1. The molecule has 0 aliphatic rings. The molecule has 0 saturated carbocycles. The third-order valence-corrected chi connectivity index (χ3v) is 2.46. The number of hydrogen-bond donors (Lipinski definition) is 3. The summed E-state index contributed by atoms with van der Waals surface area (Å²) in [5, 5.41) is 21.0. The van der Waals surface area contributed by atoms with Crippen LogP contribution in [0.5, 0.6) is 0 Å². The summed E-state index contributed by atoms with van der Waals surface area (Å²) >= 11 is 0. The molecular weight excluding hydrogens is 278 g/mol. The predicted molar refractivity (Wildman–Crippen MR) is 69.3 cm³/mol. The summed E-state index contributed by atoms with van der Waals surface area (Å²) in [5.74, 6) is -1.14. The van der Waals surface area contributed by atoms with Gasteiger partial charge in [0.2, 0.25) is 0 Å². The largest absolute Gasteiger partial charge is 0.476 e. The molecule has 0 saturated heterocycles. The summed E-state index contributed by atoms with van der Waals surface area (Å²) < 4.78 is 1.34. The third kappa shape index (κ3) is 4.53. The van der Waals surface area contributed by atoms with Crippen LogP contribution in [0.15, 0.2) is 24.8 Å².